The molecule has 6 aromatic rings. The summed E-state index contributed by atoms with van der Waals surface area (Å²) >= 11 is 6.26. The Morgan fingerprint density at radius 2 is 0.931 bits per heavy atom. The minimum absolute atomic E-state index is 0.000488. The van der Waals surface area contributed by atoms with Crippen LogP contribution in [-0.4, -0.2) is 11.6 Å². The highest BCUT2D eigenvalue weighted by atomic mass is 32.1. The molecule has 0 atom stereocenters. The Morgan fingerprint density at radius 3 is 1.31 bits per heavy atom. The first kappa shape index (κ1) is 36.1. The van der Waals surface area contributed by atoms with E-state index in [1.807, 2.05) is 12.1 Å². The average molecular weight is 839 g/mol. The van der Waals surface area contributed by atoms with E-state index < -0.39 is 34.8 Å². The number of Topliss-reactive ketones (excluding diaryl/α,β-unsaturated/α-hetero) is 2. The Balaban J connectivity index is 1.10. The third kappa shape index (κ3) is 4.87. The molecule has 0 saturated heterocycles. The first-order valence-electron chi connectivity index (χ1n) is 17.8. The molecule has 1 saturated carbocycles. The minimum atomic E-state index is -1.20. The Bertz CT molecular complexity index is 3050. The molecule has 0 N–H and O–H groups in total. The fourth-order valence-electron chi connectivity index (χ4n) is 8.99. The van der Waals surface area contributed by atoms with Crippen LogP contribution in [-0.2, 0) is 5.41 Å². The molecule has 278 valence electrons. The van der Waals surface area contributed by atoms with Crippen LogP contribution in [0.25, 0.3) is 51.9 Å². The second-order valence-corrected chi connectivity index (χ2v) is 18.6. The highest BCUT2D eigenvalue weighted by Gasteiger charge is 2.49. The van der Waals surface area contributed by atoms with Crippen molar-refractivity contribution in [3.8, 4) is 34.0 Å². The summed E-state index contributed by atoms with van der Waals surface area (Å²) in [4.78, 5) is 31.0. The van der Waals surface area contributed by atoms with Gasteiger partial charge in [-0.3, -0.25) is 9.59 Å². The highest BCUT2D eigenvalue weighted by Crippen LogP contribution is 2.66. The zero-order chi connectivity index (χ0) is 40.4. The van der Waals surface area contributed by atoms with Crippen LogP contribution in [0.5, 0.6) is 0 Å². The number of nitrogens with zero attached hydrogens (tertiary/aromatic N) is 4. The summed E-state index contributed by atoms with van der Waals surface area (Å²) in [6.45, 7) is 0. The number of carbonyl (C=O) groups excluding carboxylic acids is 2. The predicted molar refractivity (Wildman–Crippen MR) is 216 cm³/mol. The summed E-state index contributed by atoms with van der Waals surface area (Å²) in [7, 11) is 0. The van der Waals surface area contributed by atoms with E-state index in [9.17, 15) is 48.2 Å². The molecule has 0 bridgehead atoms. The van der Waals surface area contributed by atoms with Gasteiger partial charge in [-0.15, -0.1) is 45.3 Å². The fraction of sp³-hybridized carbons (Fsp3) is 0.136. The summed E-state index contributed by atoms with van der Waals surface area (Å²) in [5, 5.41) is 39.1. The first-order chi connectivity index (χ1) is 28.0. The normalized spacial score (nSPS) is 17.4. The maximum Gasteiger partial charge on any atom is 0.194 e. The van der Waals surface area contributed by atoms with Crippen molar-refractivity contribution < 1.29 is 27.2 Å². The van der Waals surface area contributed by atoms with E-state index in [0.29, 0.717) is 9.75 Å². The number of nitriles is 4. The maximum atomic E-state index is 14.4. The summed E-state index contributed by atoms with van der Waals surface area (Å²) in [6.07, 6.45) is 8.05. The third-order valence-electron chi connectivity index (χ3n) is 11.3. The molecule has 0 aliphatic heterocycles. The smallest absolute Gasteiger partial charge is 0.194 e. The lowest BCUT2D eigenvalue weighted by Gasteiger charge is -2.35. The van der Waals surface area contributed by atoms with Gasteiger partial charge in [0.15, 0.2) is 34.8 Å². The molecule has 0 amide bonds. The number of hydrogen-bond donors (Lipinski definition) is 0. The van der Waals surface area contributed by atoms with Gasteiger partial charge in [-0.1, -0.05) is 19.3 Å². The number of carbonyl (C=O) groups is 2. The molecule has 58 heavy (non-hydrogen) atoms. The van der Waals surface area contributed by atoms with Crippen LogP contribution >= 0.6 is 45.3 Å². The van der Waals surface area contributed by atoms with Crippen molar-refractivity contribution in [3.05, 3.63) is 125 Å². The van der Waals surface area contributed by atoms with E-state index in [1.165, 1.54) is 43.6 Å². The standard InChI is InChI=1S/C44H18F4N4O2S4/c45-28-10-22-24(12-30(28)47)38(53)26(34(22)18(14-49)15-50)6-20-8-32-40(55-20)36-42(57-32)43-37(44(36)4-2-1-3-5-44)41-33(58-43)9-21(56-41)7-27-35(19(16-51)17-52)23-11-29(46)31(48)13-25(23)39(27)54/h6-13H,1-5H2/b26-6-,27-7+. The SMILES string of the molecule is N#CC(C#N)=C1/C(=C/c2cc3sc4c(c3s2)C2(CCCCC2)c2c-4sc3cc(/C=C4/C(=O)c5cc(F)c(F)cc5C4=C(C#N)C#N)sc23)C(=O)c2cc(F)c(F)cc21. The van der Waals surface area contributed by atoms with E-state index >= 15 is 0 Å². The molecular formula is C44H18F4N4O2S4. The van der Waals surface area contributed by atoms with Crippen molar-refractivity contribution >= 4 is 99.0 Å². The van der Waals surface area contributed by atoms with Crippen LogP contribution in [0, 0.1) is 68.6 Å². The minimum Gasteiger partial charge on any atom is -0.289 e. The Kier molecular flexibility index (Phi) is 8.02. The average Bonchev–Trinajstić information content (AvgIpc) is 4.06. The van der Waals surface area contributed by atoms with Crippen LogP contribution in [0.15, 0.2) is 58.7 Å². The van der Waals surface area contributed by atoms with Gasteiger partial charge < -0.3 is 0 Å². The van der Waals surface area contributed by atoms with Crippen LogP contribution in [0.4, 0.5) is 17.6 Å². The van der Waals surface area contributed by atoms with Gasteiger partial charge in [-0.25, -0.2) is 17.6 Å². The second-order valence-electron chi connectivity index (χ2n) is 14.3. The molecule has 0 radical (unpaired) electrons. The summed E-state index contributed by atoms with van der Waals surface area (Å²) in [5.74, 6) is -6.00. The van der Waals surface area contributed by atoms with Crippen molar-refractivity contribution in [2.45, 2.75) is 37.5 Å². The number of ketones is 2. The van der Waals surface area contributed by atoms with E-state index in [0.717, 1.165) is 75.2 Å². The Morgan fingerprint density at radius 1 is 0.552 bits per heavy atom. The largest absolute Gasteiger partial charge is 0.289 e. The molecule has 1 spiro atoms. The molecule has 14 heteroatoms. The van der Waals surface area contributed by atoms with Gasteiger partial charge in [0.05, 0.1) is 19.2 Å². The van der Waals surface area contributed by atoms with Gasteiger partial charge in [0, 0.05) is 69.1 Å². The summed E-state index contributed by atoms with van der Waals surface area (Å²) < 4.78 is 61.4. The number of benzene rings is 2. The molecular weight excluding hydrogens is 821 g/mol. The Labute approximate surface area is 342 Å². The zero-order valence-corrected chi connectivity index (χ0v) is 32.7. The lowest BCUT2D eigenvalue weighted by Crippen LogP contribution is -2.27. The number of hydrogen-bond acceptors (Lipinski definition) is 10. The molecule has 4 aliphatic carbocycles. The molecule has 4 aliphatic rings. The summed E-state index contributed by atoms with van der Waals surface area (Å²) in [5.41, 5.74) is 1.12. The maximum absolute atomic E-state index is 14.4. The number of allylic oxidation sites excluding steroid dienone is 6. The molecule has 6 nitrogen and oxygen atoms in total. The van der Waals surface area contributed by atoms with E-state index in [1.54, 1.807) is 59.1 Å². The van der Waals surface area contributed by atoms with Gasteiger partial charge >= 0.3 is 0 Å². The number of halogens is 4. The van der Waals surface area contributed by atoms with Crippen molar-refractivity contribution in [2.24, 2.45) is 0 Å². The van der Waals surface area contributed by atoms with Crippen molar-refractivity contribution in [2.75, 3.05) is 0 Å². The monoisotopic (exact) mass is 838 g/mol. The molecule has 4 heterocycles. The number of rotatable bonds is 2. The van der Waals surface area contributed by atoms with Crippen LogP contribution < -0.4 is 0 Å². The van der Waals surface area contributed by atoms with Gasteiger partial charge in [0.2, 0.25) is 0 Å². The van der Waals surface area contributed by atoms with E-state index in [-0.39, 0.29) is 61.1 Å². The van der Waals surface area contributed by atoms with Crippen molar-refractivity contribution in [1.82, 2.24) is 0 Å². The number of thiophene rings is 4. The lowest BCUT2D eigenvalue weighted by atomic mass is 9.68. The predicted octanol–water partition coefficient (Wildman–Crippen LogP) is 12.2. The lowest BCUT2D eigenvalue weighted by molar-refractivity contribution is 0.103. The van der Waals surface area contributed by atoms with Crippen LogP contribution in [0.2, 0.25) is 0 Å². The first-order valence-corrected chi connectivity index (χ1v) is 21.0. The summed E-state index contributed by atoms with van der Waals surface area (Å²) in [6, 6.07) is 14.5. The molecule has 4 aromatic heterocycles. The Hall–Kier alpha value is -6.26. The van der Waals surface area contributed by atoms with E-state index in [2.05, 4.69) is 0 Å². The molecule has 2 aromatic carbocycles. The van der Waals surface area contributed by atoms with Gasteiger partial charge in [0.1, 0.15) is 35.4 Å². The number of fused-ring (bicyclic) bond motifs is 11. The van der Waals surface area contributed by atoms with Gasteiger partial charge in [-0.05, 0) is 72.5 Å². The topological polar surface area (TPSA) is 129 Å². The van der Waals surface area contributed by atoms with E-state index in [4.69, 9.17) is 0 Å². The molecule has 0 unspecified atom stereocenters. The fourth-order valence-corrected chi connectivity index (χ4v) is 14.7. The van der Waals surface area contributed by atoms with Gasteiger partial charge in [0.25, 0.3) is 0 Å². The van der Waals surface area contributed by atoms with Gasteiger partial charge in [-0.2, -0.15) is 21.0 Å². The van der Waals surface area contributed by atoms with Crippen molar-refractivity contribution in [3.63, 3.8) is 0 Å². The van der Waals surface area contributed by atoms with Crippen LogP contribution in [0.1, 0.15) is 84.8 Å². The molecule has 10 rings (SSSR count). The zero-order valence-electron chi connectivity index (χ0n) is 29.4. The quantitative estimate of drug-likeness (QED) is 0.0970. The van der Waals surface area contributed by atoms with Crippen LogP contribution in [0.3, 0.4) is 0 Å². The molecule has 1 fully saturated rings. The third-order valence-corrected chi connectivity index (χ3v) is 16.2. The second kappa shape index (κ2) is 12.9. The van der Waals surface area contributed by atoms with Crippen molar-refractivity contribution in [1.29, 1.82) is 21.0 Å². The highest BCUT2D eigenvalue weighted by molar-refractivity contribution is 7.35.